The smallest absolute Gasteiger partial charge is 0.251 e. The molecular formula is C16H25N3O2. The Morgan fingerprint density at radius 1 is 1.24 bits per heavy atom. The number of amides is 2. The van der Waals surface area contributed by atoms with Crippen LogP contribution >= 0.6 is 0 Å². The molecule has 21 heavy (non-hydrogen) atoms. The number of anilines is 1. The van der Waals surface area contributed by atoms with E-state index in [0.29, 0.717) is 18.5 Å². The van der Waals surface area contributed by atoms with Crippen LogP contribution in [0, 0.1) is 6.92 Å². The molecule has 0 saturated carbocycles. The van der Waals surface area contributed by atoms with E-state index >= 15 is 0 Å². The van der Waals surface area contributed by atoms with Crippen molar-refractivity contribution >= 4 is 17.5 Å². The molecule has 1 rings (SSSR count). The molecule has 0 unspecified atom stereocenters. The van der Waals surface area contributed by atoms with E-state index in [1.807, 2.05) is 39.8 Å². The second kappa shape index (κ2) is 8.29. The number of aryl methyl sites for hydroxylation is 1. The Morgan fingerprint density at radius 3 is 2.52 bits per heavy atom. The summed E-state index contributed by atoms with van der Waals surface area (Å²) in [6.45, 7) is 8.93. The lowest BCUT2D eigenvalue weighted by molar-refractivity contribution is -0.121. The molecule has 3 N–H and O–H groups in total. The Morgan fingerprint density at radius 2 is 1.95 bits per heavy atom. The minimum atomic E-state index is -0.145. The highest BCUT2D eigenvalue weighted by Gasteiger charge is 2.10. The van der Waals surface area contributed by atoms with Crippen molar-refractivity contribution in [2.45, 2.75) is 40.2 Å². The Bertz CT molecular complexity index is 498. The highest BCUT2D eigenvalue weighted by molar-refractivity contribution is 5.96. The molecule has 5 heteroatoms. The van der Waals surface area contributed by atoms with Gasteiger partial charge in [0.1, 0.15) is 0 Å². The van der Waals surface area contributed by atoms with E-state index in [1.165, 1.54) is 0 Å². The van der Waals surface area contributed by atoms with E-state index in [-0.39, 0.29) is 17.9 Å². The lowest BCUT2D eigenvalue weighted by atomic mass is 10.1. The first-order chi connectivity index (χ1) is 9.93. The molecule has 0 aliphatic heterocycles. The first kappa shape index (κ1) is 17.0. The van der Waals surface area contributed by atoms with Gasteiger partial charge in [0.25, 0.3) is 5.91 Å². The van der Waals surface area contributed by atoms with Crippen molar-refractivity contribution in [3.63, 3.8) is 0 Å². The van der Waals surface area contributed by atoms with Gasteiger partial charge in [-0.2, -0.15) is 0 Å². The Balaban J connectivity index is 2.50. The van der Waals surface area contributed by atoms with Crippen LogP contribution in [0.2, 0.25) is 0 Å². The van der Waals surface area contributed by atoms with Gasteiger partial charge in [0.15, 0.2) is 0 Å². The van der Waals surface area contributed by atoms with Gasteiger partial charge in [-0.25, -0.2) is 0 Å². The Labute approximate surface area is 126 Å². The molecule has 0 heterocycles. The maximum Gasteiger partial charge on any atom is 0.251 e. The van der Waals surface area contributed by atoms with Crippen LogP contribution in [0.3, 0.4) is 0 Å². The van der Waals surface area contributed by atoms with Gasteiger partial charge >= 0.3 is 0 Å². The fourth-order valence-corrected chi connectivity index (χ4v) is 2.01. The van der Waals surface area contributed by atoms with Crippen LogP contribution in [0.15, 0.2) is 18.2 Å². The zero-order chi connectivity index (χ0) is 15.8. The molecule has 0 fully saturated rings. The number of rotatable bonds is 7. The summed E-state index contributed by atoms with van der Waals surface area (Å²) in [6.07, 6.45) is 0.290. The summed E-state index contributed by atoms with van der Waals surface area (Å²) in [5.41, 5.74) is 2.56. The lowest BCUT2D eigenvalue weighted by Gasteiger charge is -2.11. The number of carbonyl (C=O) groups is 2. The Hall–Kier alpha value is -2.04. The summed E-state index contributed by atoms with van der Waals surface area (Å²) >= 11 is 0. The number of carbonyl (C=O) groups excluding carboxylic acids is 2. The van der Waals surface area contributed by atoms with Gasteiger partial charge < -0.3 is 16.0 Å². The monoisotopic (exact) mass is 291 g/mol. The summed E-state index contributed by atoms with van der Waals surface area (Å²) in [4.78, 5) is 23.6. The van der Waals surface area contributed by atoms with Gasteiger partial charge in [-0.15, -0.1) is 0 Å². The van der Waals surface area contributed by atoms with Crippen LogP contribution in [-0.2, 0) is 4.79 Å². The molecule has 0 spiro atoms. The number of benzene rings is 1. The quantitative estimate of drug-likeness (QED) is 0.720. The van der Waals surface area contributed by atoms with Gasteiger partial charge in [-0.05, 0) is 51.5 Å². The molecule has 116 valence electrons. The number of hydrogen-bond acceptors (Lipinski definition) is 3. The first-order valence-electron chi connectivity index (χ1n) is 7.36. The molecule has 0 aromatic heterocycles. The average molecular weight is 291 g/mol. The fourth-order valence-electron chi connectivity index (χ4n) is 2.01. The zero-order valence-electron chi connectivity index (χ0n) is 13.2. The first-order valence-corrected chi connectivity index (χ1v) is 7.36. The third-order valence-electron chi connectivity index (χ3n) is 2.94. The summed E-state index contributed by atoms with van der Waals surface area (Å²) in [5.74, 6) is -0.197. The maximum atomic E-state index is 12.1. The molecule has 0 radical (unpaired) electrons. The van der Waals surface area contributed by atoms with Crippen molar-refractivity contribution in [2.75, 3.05) is 18.4 Å². The molecule has 0 atom stereocenters. The third-order valence-corrected chi connectivity index (χ3v) is 2.94. The zero-order valence-corrected chi connectivity index (χ0v) is 13.2. The summed E-state index contributed by atoms with van der Waals surface area (Å²) in [6, 6.07) is 5.76. The molecule has 0 aliphatic carbocycles. The average Bonchev–Trinajstić information content (AvgIpc) is 2.38. The lowest BCUT2D eigenvalue weighted by Crippen LogP contribution is -2.34. The third kappa shape index (κ3) is 5.85. The largest absolute Gasteiger partial charge is 0.385 e. The van der Waals surface area contributed by atoms with Crippen LogP contribution in [0.4, 0.5) is 5.69 Å². The second-order valence-electron chi connectivity index (χ2n) is 5.29. The molecule has 1 aromatic rings. The predicted molar refractivity (Wildman–Crippen MR) is 85.6 cm³/mol. The van der Waals surface area contributed by atoms with Crippen molar-refractivity contribution in [1.82, 2.24) is 10.6 Å². The van der Waals surface area contributed by atoms with Crippen LogP contribution in [0.25, 0.3) is 0 Å². The molecule has 2 amide bonds. The van der Waals surface area contributed by atoms with E-state index < -0.39 is 0 Å². The molecular weight excluding hydrogens is 266 g/mol. The van der Waals surface area contributed by atoms with Gasteiger partial charge in [0.2, 0.25) is 5.91 Å². The fraction of sp³-hybridized carbons (Fsp3) is 0.500. The maximum absolute atomic E-state index is 12.1. The van der Waals surface area contributed by atoms with Crippen molar-refractivity contribution < 1.29 is 9.59 Å². The summed E-state index contributed by atoms with van der Waals surface area (Å²) < 4.78 is 0. The van der Waals surface area contributed by atoms with Crippen molar-refractivity contribution in [3.05, 3.63) is 29.3 Å². The van der Waals surface area contributed by atoms with Gasteiger partial charge in [0, 0.05) is 36.8 Å². The van der Waals surface area contributed by atoms with E-state index in [1.54, 1.807) is 6.07 Å². The highest BCUT2D eigenvalue weighted by Crippen LogP contribution is 2.14. The molecule has 1 aromatic carbocycles. The minimum absolute atomic E-state index is 0.0514. The highest BCUT2D eigenvalue weighted by atomic mass is 16.2. The van der Waals surface area contributed by atoms with E-state index in [0.717, 1.165) is 17.8 Å². The van der Waals surface area contributed by atoms with Crippen molar-refractivity contribution in [3.8, 4) is 0 Å². The summed E-state index contributed by atoms with van der Waals surface area (Å²) in [7, 11) is 0. The van der Waals surface area contributed by atoms with E-state index in [4.69, 9.17) is 0 Å². The second-order valence-corrected chi connectivity index (χ2v) is 5.29. The van der Waals surface area contributed by atoms with Gasteiger partial charge in [-0.3, -0.25) is 9.59 Å². The summed E-state index contributed by atoms with van der Waals surface area (Å²) in [5, 5.41) is 8.77. The standard InChI is InChI=1S/C16H25N3O2/c1-5-17-13-6-7-14(12(4)10-13)16(21)18-9-8-15(20)19-11(2)3/h6-7,10-11,17H,5,8-9H2,1-4H3,(H,18,21)(H,19,20). The van der Waals surface area contributed by atoms with E-state index in [9.17, 15) is 9.59 Å². The molecule has 5 nitrogen and oxygen atoms in total. The Kier molecular flexibility index (Phi) is 6.72. The molecule has 0 bridgehead atoms. The normalized spacial score (nSPS) is 10.3. The number of nitrogens with one attached hydrogen (secondary N) is 3. The van der Waals surface area contributed by atoms with Crippen molar-refractivity contribution in [2.24, 2.45) is 0 Å². The van der Waals surface area contributed by atoms with Crippen LogP contribution in [0.1, 0.15) is 43.1 Å². The predicted octanol–water partition coefficient (Wildman–Crippen LogP) is 2.07. The van der Waals surface area contributed by atoms with Gasteiger partial charge in [0.05, 0.1) is 0 Å². The molecule has 0 saturated heterocycles. The van der Waals surface area contributed by atoms with Crippen LogP contribution in [0.5, 0.6) is 0 Å². The SMILES string of the molecule is CCNc1ccc(C(=O)NCCC(=O)NC(C)C)c(C)c1. The van der Waals surface area contributed by atoms with Crippen LogP contribution < -0.4 is 16.0 Å². The van der Waals surface area contributed by atoms with Gasteiger partial charge in [-0.1, -0.05) is 0 Å². The topological polar surface area (TPSA) is 70.2 Å². The number of hydrogen-bond donors (Lipinski definition) is 3. The molecule has 0 aliphatic rings. The van der Waals surface area contributed by atoms with Crippen molar-refractivity contribution in [1.29, 1.82) is 0 Å². The van der Waals surface area contributed by atoms with Crippen LogP contribution in [-0.4, -0.2) is 30.9 Å². The van der Waals surface area contributed by atoms with E-state index in [2.05, 4.69) is 16.0 Å². The minimum Gasteiger partial charge on any atom is -0.385 e.